The number of nitrogens with two attached hydrogens (primary N) is 1. The maximum absolute atomic E-state index is 9.92. The van der Waals surface area contributed by atoms with Gasteiger partial charge in [-0.2, -0.15) is 15.5 Å². The normalized spacial score (nSPS) is 12.7. The highest BCUT2D eigenvalue weighted by Crippen LogP contribution is 2.27. The Morgan fingerprint density at radius 2 is 1.69 bits per heavy atom. The van der Waals surface area contributed by atoms with Crippen LogP contribution in [-0.2, 0) is 9.53 Å². The van der Waals surface area contributed by atoms with Gasteiger partial charge < -0.3 is 21.4 Å². The summed E-state index contributed by atoms with van der Waals surface area (Å²) in [6.45, 7) is 9.16. The van der Waals surface area contributed by atoms with Gasteiger partial charge in [0.2, 0.25) is 5.91 Å². The van der Waals surface area contributed by atoms with Crippen LogP contribution in [0.4, 0.5) is 5.69 Å². The molecule has 0 aliphatic heterocycles. The molecule has 1 aromatic carbocycles. The predicted molar refractivity (Wildman–Crippen MR) is 102 cm³/mol. The van der Waals surface area contributed by atoms with Crippen LogP contribution in [0.2, 0.25) is 0 Å². The van der Waals surface area contributed by atoms with Crippen molar-refractivity contribution < 1.29 is 20.5 Å². The third kappa shape index (κ3) is 12.1. The Labute approximate surface area is 155 Å². The lowest BCUT2D eigenvalue weighted by Gasteiger charge is -2.28. The Balaban J connectivity index is -0.000000575. The molecule has 0 bridgehead atoms. The highest BCUT2D eigenvalue weighted by Gasteiger charge is 2.32. The van der Waals surface area contributed by atoms with Crippen LogP contribution in [0.5, 0.6) is 0 Å². The first-order valence-electron chi connectivity index (χ1n) is 7.79. The van der Waals surface area contributed by atoms with Crippen LogP contribution >= 0.6 is 0 Å². The Bertz CT molecular complexity index is 583. The maximum Gasteiger partial charge on any atom is 0.219 e. The molecule has 6 N–H and O–H groups in total. The highest BCUT2D eigenvalue weighted by atomic mass is 16.5. The topological polar surface area (TPSA) is 164 Å². The second-order valence-electron chi connectivity index (χ2n) is 6.62. The van der Waals surface area contributed by atoms with Crippen molar-refractivity contribution in [1.29, 1.82) is 5.26 Å². The summed E-state index contributed by atoms with van der Waals surface area (Å²) in [6, 6.07) is 11.6. The third-order valence-corrected chi connectivity index (χ3v) is 3.27. The highest BCUT2D eigenvalue weighted by molar-refractivity contribution is 5.75. The van der Waals surface area contributed by atoms with E-state index in [1.807, 2.05) is 44.2 Å². The summed E-state index contributed by atoms with van der Waals surface area (Å²) in [7, 11) is 1.63. The second-order valence-corrected chi connectivity index (χ2v) is 6.62. The van der Waals surface area contributed by atoms with Crippen molar-refractivity contribution in [3.63, 3.8) is 0 Å². The van der Waals surface area contributed by atoms with Crippen LogP contribution < -0.4 is 5.73 Å². The lowest BCUT2D eigenvalue weighted by molar-refractivity contribution is -0.120. The van der Waals surface area contributed by atoms with Crippen molar-refractivity contribution in [1.82, 2.24) is 0 Å². The first-order valence-corrected chi connectivity index (χ1v) is 7.79. The number of azo groups is 1. The fraction of sp³-hybridized carbons (Fsp3) is 0.556. The van der Waals surface area contributed by atoms with Crippen LogP contribution in [0.3, 0.4) is 0 Å². The number of rotatable bonds is 6. The number of methoxy groups -OCH3 is 1. The molecular weight excluding hydrogens is 336 g/mol. The zero-order valence-corrected chi connectivity index (χ0v) is 16.4. The number of benzene rings is 1. The number of primary amides is 1. The molecule has 1 rings (SSSR count). The van der Waals surface area contributed by atoms with E-state index < -0.39 is 11.1 Å². The van der Waals surface area contributed by atoms with Gasteiger partial charge in [0.25, 0.3) is 0 Å². The van der Waals surface area contributed by atoms with Gasteiger partial charge >= 0.3 is 0 Å². The van der Waals surface area contributed by atoms with E-state index in [9.17, 15) is 10.1 Å². The molecule has 0 radical (unpaired) electrons. The van der Waals surface area contributed by atoms with E-state index in [2.05, 4.69) is 16.3 Å². The first kappa shape index (κ1) is 28.5. The maximum atomic E-state index is 9.92. The lowest BCUT2D eigenvalue weighted by Crippen LogP contribution is -2.34. The Morgan fingerprint density at radius 1 is 1.23 bits per heavy atom. The van der Waals surface area contributed by atoms with Crippen molar-refractivity contribution in [3.8, 4) is 6.07 Å². The van der Waals surface area contributed by atoms with Gasteiger partial charge in [-0.3, -0.25) is 4.79 Å². The van der Waals surface area contributed by atoms with Gasteiger partial charge in [0.1, 0.15) is 0 Å². The smallest absolute Gasteiger partial charge is 0.219 e. The monoisotopic (exact) mass is 368 g/mol. The van der Waals surface area contributed by atoms with Crippen LogP contribution in [0.15, 0.2) is 40.6 Å². The number of carbonyl (C=O) groups excluding carboxylic acids is 1. The summed E-state index contributed by atoms with van der Waals surface area (Å²) >= 11 is 0. The first-order chi connectivity index (χ1) is 11.0. The quantitative estimate of drug-likeness (QED) is 0.763. The van der Waals surface area contributed by atoms with E-state index in [4.69, 9.17) is 10.5 Å². The van der Waals surface area contributed by atoms with E-state index in [-0.39, 0.29) is 22.8 Å². The van der Waals surface area contributed by atoms with Crippen molar-refractivity contribution in [2.45, 2.75) is 52.2 Å². The van der Waals surface area contributed by atoms with Crippen LogP contribution in [0, 0.1) is 17.2 Å². The number of hydrogen-bond donors (Lipinski definition) is 1. The molecule has 0 aliphatic carbocycles. The SMILES string of the molecule is CC(C)C(N)=O.COC(C)(C)CC(C)(C#N)N=Nc1ccccc1.O.O. The summed E-state index contributed by atoms with van der Waals surface area (Å²) in [6.07, 6.45) is 0.489. The molecule has 0 spiro atoms. The summed E-state index contributed by atoms with van der Waals surface area (Å²) in [5.74, 6) is -0.250. The van der Waals surface area contributed by atoms with E-state index in [1.165, 1.54) is 0 Å². The average molecular weight is 368 g/mol. The molecule has 1 amide bonds. The van der Waals surface area contributed by atoms with Gasteiger partial charge in [-0.25, -0.2) is 0 Å². The zero-order valence-electron chi connectivity index (χ0n) is 16.4. The molecule has 0 aromatic heterocycles. The molecule has 8 nitrogen and oxygen atoms in total. The number of carbonyl (C=O) groups is 1. The summed E-state index contributed by atoms with van der Waals surface area (Å²) in [4.78, 5) is 9.92. The second kappa shape index (κ2) is 12.9. The predicted octanol–water partition coefficient (Wildman–Crippen LogP) is 2.35. The summed E-state index contributed by atoms with van der Waals surface area (Å²) in [5, 5.41) is 17.5. The molecule has 0 saturated heterocycles. The molecule has 1 aromatic rings. The average Bonchev–Trinajstić information content (AvgIpc) is 2.54. The molecule has 0 aliphatic rings. The molecule has 8 heteroatoms. The van der Waals surface area contributed by atoms with Crippen molar-refractivity contribution in [2.75, 3.05) is 7.11 Å². The Morgan fingerprint density at radius 3 is 2.04 bits per heavy atom. The Kier molecular flexibility index (Phi) is 14.2. The van der Waals surface area contributed by atoms with Gasteiger partial charge in [-0.15, -0.1) is 0 Å². The number of hydrogen-bond acceptors (Lipinski definition) is 5. The number of amides is 1. The van der Waals surface area contributed by atoms with Gasteiger partial charge in [-0.05, 0) is 32.9 Å². The van der Waals surface area contributed by atoms with E-state index >= 15 is 0 Å². The van der Waals surface area contributed by atoms with E-state index in [0.717, 1.165) is 5.69 Å². The largest absolute Gasteiger partial charge is 0.412 e. The molecule has 1 atom stereocenters. The van der Waals surface area contributed by atoms with Gasteiger partial charge in [0.15, 0.2) is 5.54 Å². The molecular formula is C18H32N4O4. The summed E-state index contributed by atoms with van der Waals surface area (Å²) in [5.41, 5.74) is 4.26. The van der Waals surface area contributed by atoms with Crippen LogP contribution in [0.25, 0.3) is 0 Å². The van der Waals surface area contributed by atoms with Gasteiger partial charge in [0, 0.05) is 19.4 Å². The minimum Gasteiger partial charge on any atom is -0.412 e. The Hall–Kier alpha value is -2.34. The van der Waals surface area contributed by atoms with Crippen molar-refractivity contribution >= 4 is 11.6 Å². The molecule has 0 saturated carbocycles. The third-order valence-electron chi connectivity index (χ3n) is 3.27. The van der Waals surface area contributed by atoms with Crippen LogP contribution in [-0.4, -0.2) is 35.1 Å². The molecule has 0 heterocycles. The minimum atomic E-state index is -0.880. The fourth-order valence-corrected chi connectivity index (χ4v) is 1.66. The molecule has 148 valence electrons. The molecule has 0 fully saturated rings. The fourth-order valence-electron chi connectivity index (χ4n) is 1.66. The van der Waals surface area contributed by atoms with E-state index in [1.54, 1.807) is 27.9 Å². The molecule has 26 heavy (non-hydrogen) atoms. The zero-order chi connectivity index (χ0) is 18.8. The van der Waals surface area contributed by atoms with Gasteiger partial charge in [0.05, 0.1) is 17.4 Å². The summed E-state index contributed by atoms with van der Waals surface area (Å²) < 4.78 is 5.33. The van der Waals surface area contributed by atoms with Crippen LogP contribution in [0.1, 0.15) is 41.0 Å². The van der Waals surface area contributed by atoms with Crippen molar-refractivity contribution in [3.05, 3.63) is 30.3 Å². The number of nitriles is 1. The number of nitrogens with zero attached hydrogens (tertiary/aromatic N) is 3. The van der Waals surface area contributed by atoms with Gasteiger partial charge in [-0.1, -0.05) is 32.0 Å². The van der Waals surface area contributed by atoms with E-state index in [0.29, 0.717) is 6.42 Å². The molecule has 1 unspecified atom stereocenters. The standard InChI is InChI=1S/C14H19N3O.C4H9NO.2H2O/c1-13(2,18-4)10-14(3,11-15)17-16-12-8-6-5-7-9-12;1-3(2)4(5)6;;/h5-9H,10H2,1-4H3;3H,1-2H3,(H2,5,6);2*1H2. The minimum absolute atomic E-state index is 0. The number of ether oxygens (including phenoxy) is 1. The van der Waals surface area contributed by atoms with Crippen molar-refractivity contribution in [2.24, 2.45) is 21.9 Å². The lowest BCUT2D eigenvalue weighted by atomic mass is 9.90.